The Hall–Kier alpha value is -3.04. The summed E-state index contributed by atoms with van der Waals surface area (Å²) in [7, 11) is 1.76. The lowest BCUT2D eigenvalue weighted by molar-refractivity contribution is 0.380. The number of aromatic amines is 1. The van der Waals surface area contributed by atoms with E-state index >= 15 is 0 Å². The van der Waals surface area contributed by atoms with E-state index in [-0.39, 0.29) is 0 Å². The third-order valence-electron chi connectivity index (χ3n) is 6.74. The van der Waals surface area contributed by atoms with E-state index in [1.165, 1.54) is 39.6 Å². The number of aromatic nitrogens is 1. The van der Waals surface area contributed by atoms with Crippen LogP contribution in [0.1, 0.15) is 34.6 Å². The highest BCUT2D eigenvalue weighted by Gasteiger charge is 2.29. The van der Waals surface area contributed by atoms with Crippen molar-refractivity contribution in [3.05, 3.63) is 101 Å². The lowest BCUT2D eigenvalue weighted by Gasteiger charge is -2.35. The summed E-state index contributed by atoms with van der Waals surface area (Å²) in [5, 5.41) is 5.26. The number of hydrogen-bond donors (Lipinski definition) is 2. The molecule has 0 fully saturated rings. The number of nitrogens with one attached hydrogen (secondary N) is 2. The van der Waals surface area contributed by atoms with Gasteiger partial charge in [-0.1, -0.05) is 54.6 Å². The maximum absolute atomic E-state index is 5.56. The first kappa shape index (κ1) is 19.9. The summed E-state index contributed by atoms with van der Waals surface area (Å²) in [6.07, 6.45) is 6.53. The molecule has 3 heteroatoms. The number of para-hydroxylation sites is 1. The average molecular weight is 411 g/mol. The first-order chi connectivity index (χ1) is 15.3. The van der Waals surface area contributed by atoms with Crippen LogP contribution in [0.25, 0.3) is 10.9 Å². The number of ether oxygens (including phenoxy) is 1. The Morgan fingerprint density at radius 3 is 2.71 bits per heavy atom. The summed E-state index contributed by atoms with van der Waals surface area (Å²) >= 11 is 0. The molecule has 0 amide bonds. The van der Waals surface area contributed by atoms with Gasteiger partial charge in [0.1, 0.15) is 5.75 Å². The van der Waals surface area contributed by atoms with Crippen LogP contribution in [0.15, 0.2) is 79.0 Å². The first-order valence-corrected chi connectivity index (χ1v) is 11.3. The first-order valence-electron chi connectivity index (χ1n) is 11.3. The van der Waals surface area contributed by atoms with Gasteiger partial charge in [0, 0.05) is 29.1 Å². The van der Waals surface area contributed by atoms with E-state index < -0.39 is 0 Å². The number of rotatable bonds is 7. The summed E-state index contributed by atoms with van der Waals surface area (Å²) < 4.78 is 5.56. The van der Waals surface area contributed by atoms with E-state index in [4.69, 9.17) is 4.74 Å². The molecule has 158 valence electrons. The Balaban J connectivity index is 1.35. The molecule has 1 aliphatic carbocycles. The molecule has 2 N–H and O–H groups in total. The summed E-state index contributed by atoms with van der Waals surface area (Å²) in [6, 6.07) is 26.5. The molecule has 3 aromatic carbocycles. The van der Waals surface area contributed by atoms with Crippen LogP contribution in [0.5, 0.6) is 5.75 Å². The second-order valence-corrected chi connectivity index (χ2v) is 8.57. The molecular weight excluding hydrogens is 380 g/mol. The van der Waals surface area contributed by atoms with Crippen molar-refractivity contribution in [2.24, 2.45) is 0 Å². The van der Waals surface area contributed by atoms with Crippen LogP contribution in [0.2, 0.25) is 0 Å². The highest BCUT2D eigenvalue weighted by atomic mass is 16.5. The maximum Gasteiger partial charge on any atom is 0.119 e. The van der Waals surface area contributed by atoms with Gasteiger partial charge >= 0.3 is 0 Å². The van der Waals surface area contributed by atoms with Crippen molar-refractivity contribution < 1.29 is 4.74 Å². The molecule has 1 aliphatic rings. The van der Waals surface area contributed by atoms with Gasteiger partial charge < -0.3 is 15.0 Å². The molecule has 4 aromatic rings. The van der Waals surface area contributed by atoms with Gasteiger partial charge in [0.05, 0.1) is 7.11 Å². The molecule has 0 bridgehead atoms. The van der Waals surface area contributed by atoms with E-state index in [1.807, 2.05) is 0 Å². The highest BCUT2D eigenvalue weighted by Crippen LogP contribution is 2.36. The molecule has 3 nitrogen and oxygen atoms in total. The zero-order valence-corrected chi connectivity index (χ0v) is 18.1. The molecule has 5 rings (SSSR count). The summed E-state index contributed by atoms with van der Waals surface area (Å²) in [6.45, 7) is 0.983. The summed E-state index contributed by atoms with van der Waals surface area (Å²) in [5.41, 5.74) is 6.92. The predicted octanol–water partition coefficient (Wildman–Crippen LogP) is 5.65. The number of fused-ring (bicyclic) bond motifs is 2. The van der Waals surface area contributed by atoms with Gasteiger partial charge in [-0.05, 0) is 72.7 Å². The normalized spacial score (nSPS) is 18.1. The van der Waals surface area contributed by atoms with Gasteiger partial charge in [-0.3, -0.25) is 0 Å². The van der Waals surface area contributed by atoms with E-state index in [0.29, 0.717) is 12.0 Å². The summed E-state index contributed by atoms with van der Waals surface area (Å²) in [4.78, 5) is 3.40. The Labute approximate surface area is 184 Å². The predicted molar refractivity (Wildman–Crippen MR) is 128 cm³/mol. The van der Waals surface area contributed by atoms with Crippen molar-refractivity contribution in [1.82, 2.24) is 10.3 Å². The van der Waals surface area contributed by atoms with Gasteiger partial charge in [0.15, 0.2) is 0 Å². The van der Waals surface area contributed by atoms with E-state index in [0.717, 1.165) is 31.6 Å². The Bertz CT molecular complexity index is 1150. The van der Waals surface area contributed by atoms with Gasteiger partial charge in [-0.2, -0.15) is 0 Å². The minimum atomic E-state index is 0.448. The van der Waals surface area contributed by atoms with Gasteiger partial charge in [-0.25, -0.2) is 0 Å². The number of benzene rings is 3. The fourth-order valence-corrected chi connectivity index (χ4v) is 5.10. The van der Waals surface area contributed by atoms with Crippen molar-refractivity contribution in [2.75, 3.05) is 13.7 Å². The van der Waals surface area contributed by atoms with Crippen LogP contribution < -0.4 is 10.1 Å². The average Bonchev–Trinajstić information content (AvgIpc) is 3.24. The van der Waals surface area contributed by atoms with Gasteiger partial charge in [0.2, 0.25) is 0 Å². The Kier molecular flexibility index (Phi) is 5.77. The SMILES string of the molecule is COc1ccc2c(c1)[C@H](Cc1ccccc1)[C@H](NCCc1c[nH]c3ccccc13)CC2. The molecule has 0 unspecified atom stereocenters. The van der Waals surface area contributed by atoms with Gasteiger partial charge in [0.25, 0.3) is 0 Å². The van der Waals surface area contributed by atoms with Gasteiger partial charge in [-0.15, -0.1) is 0 Å². The standard InChI is InChI=1S/C28H30N2O/c1-31-23-13-11-21-12-14-28(26(25(21)18-23)17-20-7-3-2-4-8-20)29-16-15-22-19-30-27-10-6-5-9-24(22)27/h2-11,13,18-19,26,28-30H,12,14-17H2,1H3/t26-,28+/m0/s1. The minimum absolute atomic E-state index is 0.448. The molecular formula is C28H30N2O. The third kappa shape index (κ3) is 4.24. The second-order valence-electron chi connectivity index (χ2n) is 8.57. The van der Waals surface area contributed by atoms with Crippen LogP contribution >= 0.6 is 0 Å². The van der Waals surface area contributed by atoms with Crippen LogP contribution in [-0.2, 0) is 19.3 Å². The molecule has 1 aromatic heterocycles. The van der Waals surface area contributed by atoms with Crippen LogP contribution in [0.3, 0.4) is 0 Å². The number of methoxy groups -OCH3 is 1. The zero-order valence-electron chi connectivity index (χ0n) is 18.1. The van der Waals surface area contributed by atoms with Crippen LogP contribution in [0.4, 0.5) is 0 Å². The zero-order chi connectivity index (χ0) is 21.0. The monoisotopic (exact) mass is 410 g/mol. The minimum Gasteiger partial charge on any atom is -0.497 e. The molecule has 31 heavy (non-hydrogen) atoms. The summed E-state index contributed by atoms with van der Waals surface area (Å²) in [5.74, 6) is 1.40. The number of aryl methyl sites for hydroxylation is 1. The lowest BCUT2D eigenvalue weighted by atomic mass is 9.76. The third-order valence-corrected chi connectivity index (χ3v) is 6.74. The number of H-pyrrole nitrogens is 1. The van der Waals surface area contributed by atoms with Crippen LogP contribution in [-0.4, -0.2) is 24.7 Å². The van der Waals surface area contributed by atoms with Crippen LogP contribution in [0, 0.1) is 0 Å². The lowest BCUT2D eigenvalue weighted by Crippen LogP contribution is -2.40. The smallest absolute Gasteiger partial charge is 0.119 e. The molecule has 2 atom stereocenters. The van der Waals surface area contributed by atoms with Crippen molar-refractivity contribution in [2.45, 2.75) is 37.6 Å². The largest absolute Gasteiger partial charge is 0.497 e. The Morgan fingerprint density at radius 1 is 1.00 bits per heavy atom. The molecule has 0 saturated carbocycles. The van der Waals surface area contributed by atoms with Crippen molar-refractivity contribution >= 4 is 10.9 Å². The quantitative estimate of drug-likeness (QED) is 0.413. The van der Waals surface area contributed by atoms with Crippen molar-refractivity contribution in [1.29, 1.82) is 0 Å². The molecule has 0 radical (unpaired) electrons. The number of hydrogen-bond acceptors (Lipinski definition) is 2. The fraction of sp³-hybridized carbons (Fsp3) is 0.286. The topological polar surface area (TPSA) is 37.0 Å². The maximum atomic E-state index is 5.56. The highest BCUT2D eigenvalue weighted by molar-refractivity contribution is 5.83. The molecule has 0 spiro atoms. The van der Waals surface area contributed by atoms with E-state index in [2.05, 4.69) is 89.3 Å². The van der Waals surface area contributed by atoms with E-state index in [9.17, 15) is 0 Å². The Morgan fingerprint density at radius 2 is 1.84 bits per heavy atom. The van der Waals surface area contributed by atoms with Crippen molar-refractivity contribution in [3.63, 3.8) is 0 Å². The second kappa shape index (κ2) is 8.99. The molecule has 0 aliphatic heterocycles. The van der Waals surface area contributed by atoms with Crippen molar-refractivity contribution in [3.8, 4) is 5.75 Å². The van der Waals surface area contributed by atoms with E-state index in [1.54, 1.807) is 7.11 Å². The fourth-order valence-electron chi connectivity index (χ4n) is 5.10. The molecule has 0 saturated heterocycles. The molecule has 1 heterocycles.